The molecule has 0 aliphatic carbocycles. The van der Waals surface area contributed by atoms with Gasteiger partial charge in [-0.2, -0.15) is 4.31 Å². The topological polar surface area (TPSA) is 37.4 Å². The number of benzene rings is 2. The van der Waals surface area contributed by atoms with E-state index >= 15 is 0 Å². The Morgan fingerprint density at radius 1 is 1.05 bits per heavy atom. The van der Waals surface area contributed by atoms with Crippen molar-refractivity contribution < 1.29 is 17.2 Å². The maximum Gasteiger partial charge on any atom is 0.248 e. The molecule has 0 radical (unpaired) electrons. The number of nitrogens with zero attached hydrogens (tertiary/aromatic N) is 1. The number of hydrogen-bond acceptors (Lipinski definition) is 2. The summed E-state index contributed by atoms with van der Waals surface area (Å²) in [4.78, 5) is -0.974. The zero-order valence-corrected chi connectivity index (χ0v) is 13.7. The van der Waals surface area contributed by atoms with Crippen LogP contribution in [0, 0.1) is 11.6 Å². The predicted molar refractivity (Wildman–Crippen MR) is 81.5 cm³/mol. The van der Waals surface area contributed by atoms with Gasteiger partial charge < -0.3 is 0 Å². The number of hydrogen-bond donors (Lipinski definition) is 0. The molecule has 8 heteroatoms. The fraction of sp³-hybridized carbons (Fsp3) is 0.143. The lowest BCUT2D eigenvalue weighted by Crippen LogP contribution is -2.28. The molecule has 0 aromatic heterocycles. The van der Waals surface area contributed by atoms with Crippen molar-refractivity contribution in [3.63, 3.8) is 0 Å². The van der Waals surface area contributed by atoms with Crippen molar-refractivity contribution in [1.29, 1.82) is 0 Å². The molecule has 3 nitrogen and oxygen atoms in total. The van der Waals surface area contributed by atoms with Crippen molar-refractivity contribution in [1.82, 2.24) is 4.31 Å². The summed E-state index contributed by atoms with van der Waals surface area (Å²) < 4.78 is 52.8. The minimum absolute atomic E-state index is 0.104. The van der Waals surface area contributed by atoms with Crippen molar-refractivity contribution in [2.75, 3.05) is 7.05 Å². The number of sulfonamides is 1. The Bertz CT molecular complexity index is 792. The normalized spacial score (nSPS) is 11.9. The fourth-order valence-electron chi connectivity index (χ4n) is 1.86. The van der Waals surface area contributed by atoms with E-state index in [2.05, 4.69) is 0 Å². The molecular formula is C14H11Cl2F2NO2S. The molecule has 0 bridgehead atoms. The predicted octanol–water partition coefficient (Wildman–Crippen LogP) is 4.09. The average Bonchev–Trinajstić information content (AvgIpc) is 2.42. The largest absolute Gasteiger partial charge is 0.248 e. The minimum atomic E-state index is -4.31. The maximum absolute atomic E-state index is 13.7. The lowest BCUT2D eigenvalue weighted by atomic mass is 10.2. The van der Waals surface area contributed by atoms with Crippen LogP contribution in [-0.4, -0.2) is 19.8 Å². The van der Waals surface area contributed by atoms with E-state index in [1.807, 2.05) is 0 Å². The van der Waals surface area contributed by atoms with E-state index in [0.29, 0.717) is 10.6 Å². The van der Waals surface area contributed by atoms with Gasteiger partial charge in [0.05, 0.1) is 10.0 Å². The van der Waals surface area contributed by atoms with Gasteiger partial charge in [-0.1, -0.05) is 35.3 Å². The highest BCUT2D eigenvalue weighted by molar-refractivity contribution is 7.89. The lowest BCUT2D eigenvalue weighted by molar-refractivity contribution is 0.448. The van der Waals surface area contributed by atoms with E-state index < -0.39 is 26.6 Å². The Hall–Kier alpha value is -1.21. The van der Waals surface area contributed by atoms with Crippen LogP contribution in [-0.2, 0) is 16.6 Å². The van der Waals surface area contributed by atoms with Gasteiger partial charge in [-0.05, 0) is 29.8 Å². The Kier molecular flexibility index (Phi) is 5.07. The van der Waals surface area contributed by atoms with E-state index in [1.54, 1.807) is 6.07 Å². The molecule has 0 fully saturated rings. The third kappa shape index (κ3) is 3.41. The molecule has 0 amide bonds. The molecular weight excluding hydrogens is 355 g/mol. The number of rotatable bonds is 4. The van der Waals surface area contributed by atoms with Crippen LogP contribution in [0.15, 0.2) is 41.3 Å². The van der Waals surface area contributed by atoms with Crippen molar-refractivity contribution >= 4 is 33.2 Å². The molecule has 2 rings (SSSR count). The Labute approximate surface area is 137 Å². The van der Waals surface area contributed by atoms with Gasteiger partial charge >= 0.3 is 0 Å². The van der Waals surface area contributed by atoms with Gasteiger partial charge in [0.1, 0.15) is 11.6 Å². The zero-order chi connectivity index (χ0) is 16.5. The highest BCUT2D eigenvalue weighted by atomic mass is 35.5. The van der Waals surface area contributed by atoms with Crippen LogP contribution in [0.5, 0.6) is 0 Å². The second-order valence-corrected chi connectivity index (χ2v) is 7.36. The fourth-order valence-corrected chi connectivity index (χ4v) is 3.45. The van der Waals surface area contributed by atoms with E-state index in [4.69, 9.17) is 23.2 Å². The first-order valence-corrected chi connectivity index (χ1v) is 8.27. The Morgan fingerprint density at radius 2 is 1.64 bits per heavy atom. The van der Waals surface area contributed by atoms with Crippen molar-refractivity contribution in [2.24, 2.45) is 0 Å². The molecule has 0 saturated heterocycles. The average molecular weight is 366 g/mol. The molecule has 2 aromatic rings. The SMILES string of the molecule is CN(Cc1ccc(Cl)c(Cl)c1)S(=O)(=O)c1c(F)cccc1F. The van der Waals surface area contributed by atoms with Crippen LogP contribution in [0.2, 0.25) is 10.0 Å². The van der Waals surface area contributed by atoms with Crippen LogP contribution in [0.25, 0.3) is 0 Å². The first-order chi connectivity index (χ1) is 10.2. The summed E-state index contributed by atoms with van der Waals surface area (Å²) >= 11 is 11.6. The summed E-state index contributed by atoms with van der Waals surface area (Å²) in [5.74, 6) is -2.28. The van der Waals surface area contributed by atoms with Crippen LogP contribution in [0.3, 0.4) is 0 Å². The van der Waals surface area contributed by atoms with E-state index in [1.165, 1.54) is 19.2 Å². The molecule has 22 heavy (non-hydrogen) atoms. The van der Waals surface area contributed by atoms with Gasteiger partial charge in [-0.25, -0.2) is 17.2 Å². The molecule has 2 aromatic carbocycles. The van der Waals surface area contributed by atoms with Crippen molar-refractivity contribution in [2.45, 2.75) is 11.4 Å². The van der Waals surface area contributed by atoms with Crippen LogP contribution < -0.4 is 0 Å². The highest BCUT2D eigenvalue weighted by Crippen LogP contribution is 2.26. The van der Waals surface area contributed by atoms with Gasteiger partial charge in [0.25, 0.3) is 0 Å². The summed E-state index contributed by atoms with van der Waals surface area (Å²) in [5, 5.41) is 0.595. The summed E-state index contributed by atoms with van der Waals surface area (Å²) in [6, 6.07) is 7.48. The Morgan fingerprint density at radius 3 is 2.18 bits per heavy atom. The highest BCUT2D eigenvalue weighted by Gasteiger charge is 2.28. The summed E-state index contributed by atoms with van der Waals surface area (Å²) in [5.41, 5.74) is 0.539. The van der Waals surface area contributed by atoms with Gasteiger partial charge in [0.15, 0.2) is 4.90 Å². The minimum Gasteiger partial charge on any atom is -0.207 e. The van der Waals surface area contributed by atoms with Crippen molar-refractivity contribution in [3.8, 4) is 0 Å². The number of halogens is 4. The van der Waals surface area contributed by atoms with E-state index in [-0.39, 0.29) is 11.6 Å². The Balaban J connectivity index is 2.35. The van der Waals surface area contributed by atoms with Crippen LogP contribution in [0.1, 0.15) is 5.56 Å². The molecule has 0 unspecified atom stereocenters. The van der Waals surface area contributed by atoms with E-state index in [9.17, 15) is 17.2 Å². The zero-order valence-electron chi connectivity index (χ0n) is 11.4. The summed E-state index contributed by atoms with van der Waals surface area (Å²) in [7, 11) is -3.09. The summed E-state index contributed by atoms with van der Waals surface area (Å²) in [6.07, 6.45) is 0. The molecule has 118 valence electrons. The van der Waals surface area contributed by atoms with Gasteiger partial charge in [-0.15, -0.1) is 0 Å². The van der Waals surface area contributed by atoms with Gasteiger partial charge in [0, 0.05) is 13.6 Å². The van der Waals surface area contributed by atoms with E-state index in [0.717, 1.165) is 22.5 Å². The van der Waals surface area contributed by atoms with Gasteiger partial charge in [0.2, 0.25) is 10.0 Å². The third-order valence-electron chi connectivity index (χ3n) is 2.98. The first-order valence-electron chi connectivity index (χ1n) is 6.08. The molecule has 0 spiro atoms. The monoisotopic (exact) mass is 365 g/mol. The smallest absolute Gasteiger partial charge is 0.207 e. The van der Waals surface area contributed by atoms with Crippen LogP contribution >= 0.6 is 23.2 Å². The quantitative estimate of drug-likeness (QED) is 0.817. The molecule has 0 N–H and O–H groups in total. The molecule has 0 heterocycles. The standard InChI is InChI=1S/C14H11Cl2F2NO2S/c1-19(8-9-5-6-10(15)11(16)7-9)22(20,21)14-12(17)3-2-4-13(14)18/h2-7H,8H2,1H3. The molecule has 0 aliphatic rings. The second-order valence-electron chi connectivity index (χ2n) is 4.56. The first kappa shape index (κ1) is 17.1. The third-order valence-corrected chi connectivity index (χ3v) is 5.57. The molecule has 0 saturated carbocycles. The second kappa shape index (κ2) is 6.50. The molecule has 0 aliphatic heterocycles. The van der Waals surface area contributed by atoms with Gasteiger partial charge in [-0.3, -0.25) is 0 Å². The maximum atomic E-state index is 13.7. The summed E-state index contributed by atoms with van der Waals surface area (Å²) in [6.45, 7) is -0.104. The van der Waals surface area contributed by atoms with Crippen molar-refractivity contribution in [3.05, 3.63) is 63.6 Å². The molecule has 0 atom stereocenters. The lowest BCUT2D eigenvalue weighted by Gasteiger charge is -2.18. The van der Waals surface area contributed by atoms with Crippen LogP contribution in [0.4, 0.5) is 8.78 Å².